The third kappa shape index (κ3) is 4.29. The highest BCUT2D eigenvalue weighted by Crippen LogP contribution is 2.05. The number of rotatable bonds is 4. The SMILES string of the molecule is CCOC(=O)c1ccc(CNN)cc1.Cl. The molecule has 0 aliphatic rings. The molecule has 0 saturated heterocycles. The third-order valence-electron chi connectivity index (χ3n) is 1.77. The summed E-state index contributed by atoms with van der Waals surface area (Å²) in [5.41, 5.74) is 4.13. The number of hydrazine groups is 1. The summed E-state index contributed by atoms with van der Waals surface area (Å²) >= 11 is 0. The summed E-state index contributed by atoms with van der Waals surface area (Å²) in [4.78, 5) is 11.3. The highest BCUT2D eigenvalue weighted by molar-refractivity contribution is 5.89. The number of nitrogens with one attached hydrogen (secondary N) is 1. The van der Waals surface area contributed by atoms with Crippen LogP contribution in [-0.4, -0.2) is 12.6 Å². The first-order valence-corrected chi connectivity index (χ1v) is 4.47. The summed E-state index contributed by atoms with van der Waals surface area (Å²) in [5.74, 6) is 4.87. The van der Waals surface area contributed by atoms with Crippen molar-refractivity contribution in [3.63, 3.8) is 0 Å². The predicted molar refractivity (Wildman–Crippen MR) is 60.7 cm³/mol. The molecule has 0 fully saturated rings. The summed E-state index contributed by atoms with van der Waals surface area (Å²) in [5, 5.41) is 0. The van der Waals surface area contributed by atoms with E-state index in [2.05, 4.69) is 5.43 Å². The summed E-state index contributed by atoms with van der Waals surface area (Å²) < 4.78 is 4.85. The number of halogens is 1. The number of carbonyl (C=O) groups excluding carboxylic acids is 1. The minimum Gasteiger partial charge on any atom is -0.462 e. The number of esters is 1. The molecule has 0 unspecified atom stereocenters. The molecule has 5 heteroatoms. The maximum Gasteiger partial charge on any atom is 0.338 e. The van der Waals surface area contributed by atoms with Crippen molar-refractivity contribution in [3.8, 4) is 0 Å². The van der Waals surface area contributed by atoms with E-state index in [0.717, 1.165) is 5.56 Å². The lowest BCUT2D eigenvalue weighted by Gasteiger charge is -2.03. The standard InChI is InChI=1S/C10H14N2O2.ClH/c1-2-14-10(13)9-5-3-8(4-6-9)7-12-11;/h3-6,12H,2,7,11H2,1H3;1H. The topological polar surface area (TPSA) is 64.3 Å². The van der Waals surface area contributed by atoms with E-state index in [1.807, 2.05) is 12.1 Å². The van der Waals surface area contributed by atoms with Crippen molar-refractivity contribution in [3.05, 3.63) is 35.4 Å². The number of nitrogens with two attached hydrogens (primary N) is 1. The second-order valence-corrected chi connectivity index (χ2v) is 2.80. The molecule has 15 heavy (non-hydrogen) atoms. The van der Waals surface area contributed by atoms with Crippen molar-refractivity contribution >= 4 is 18.4 Å². The van der Waals surface area contributed by atoms with Crippen molar-refractivity contribution < 1.29 is 9.53 Å². The van der Waals surface area contributed by atoms with Gasteiger partial charge in [-0.1, -0.05) is 12.1 Å². The normalized spacial score (nSPS) is 9.20. The number of hydrogen-bond donors (Lipinski definition) is 2. The molecule has 3 N–H and O–H groups in total. The predicted octanol–water partition coefficient (Wildman–Crippen LogP) is 1.25. The number of ether oxygens (including phenoxy) is 1. The van der Waals surface area contributed by atoms with Gasteiger partial charge < -0.3 is 4.74 Å². The van der Waals surface area contributed by atoms with E-state index in [0.29, 0.717) is 18.7 Å². The summed E-state index contributed by atoms with van der Waals surface area (Å²) in [7, 11) is 0. The van der Waals surface area contributed by atoms with Gasteiger partial charge in [-0.3, -0.25) is 11.3 Å². The number of carbonyl (C=O) groups is 1. The van der Waals surface area contributed by atoms with E-state index >= 15 is 0 Å². The van der Waals surface area contributed by atoms with Crippen LogP contribution in [0.4, 0.5) is 0 Å². The second-order valence-electron chi connectivity index (χ2n) is 2.80. The van der Waals surface area contributed by atoms with Crippen LogP contribution in [0.15, 0.2) is 24.3 Å². The Labute approximate surface area is 95.2 Å². The molecular formula is C10H15ClN2O2. The van der Waals surface area contributed by atoms with Gasteiger partial charge in [-0.05, 0) is 24.6 Å². The fraction of sp³-hybridized carbons (Fsp3) is 0.300. The van der Waals surface area contributed by atoms with Gasteiger partial charge in [0.25, 0.3) is 0 Å². The van der Waals surface area contributed by atoms with E-state index < -0.39 is 0 Å². The molecule has 0 radical (unpaired) electrons. The van der Waals surface area contributed by atoms with Gasteiger partial charge in [-0.2, -0.15) is 0 Å². The molecule has 0 atom stereocenters. The van der Waals surface area contributed by atoms with E-state index in [4.69, 9.17) is 10.6 Å². The number of hydrogen-bond acceptors (Lipinski definition) is 4. The monoisotopic (exact) mass is 230 g/mol. The maximum absolute atomic E-state index is 11.3. The zero-order valence-electron chi connectivity index (χ0n) is 8.53. The zero-order chi connectivity index (χ0) is 10.4. The molecule has 0 saturated carbocycles. The lowest BCUT2D eigenvalue weighted by molar-refractivity contribution is 0.0526. The highest BCUT2D eigenvalue weighted by atomic mass is 35.5. The Hall–Kier alpha value is -1.10. The Kier molecular flexibility index (Phi) is 6.70. The van der Waals surface area contributed by atoms with Crippen molar-refractivity contribution in [1.29, 1.82) is 0 Å². The third-order valence-corrected chi connectivity index (χ3v) is 1.77. The lowest BCUT2D eigenvalue weighted by atomic mass is 10.1. The Morgan fingerprint density at radius 1 is 1.40 bits per heavy atom. The molecule has 1 aromatic carbocycles. The largest absolute Gasteiger partial charge is 0.462 e. The zero-order valence-corrected chi connectivity index (χ0v) is 9.34. The van der Waals surface area contributed by atoms with E-state index in [1.54, 1.807) is 19.1 Å². The van der Waals surface area contributed by atoms with E-state index in [-0.39, 0.29) is 18.4 Å². The minimum atomic E-state index is -0.292. The van der Waals surface area contributed by atoms with Gasteiger partial charge in [0.05, 0.1) is 12.2 Å². The average Bonchev–Trinajstić information content (AvgIpc) is 2.20. The molecule has 4 nitrogen and oxygen atoms in total. The van der Waals surface area contributed by atoms with Gasteiger partial charge in [0.2, 0.25) is 0 Å². The van der Waals surface area contributed by atoms with Crippen LogP contribution in [-0.2, 0) is 11.3 Å². The first-order chi connectivity index (χ1) is 6.77. The van der Waals surface area contributed by atoms with Gasteiger partial charge in [0.1, 0.15) is 0 Å². The quantitative estimate of drug-likeness (QED) is 0.464. The summed E-state index contributed by atoms with van der Waals surface area (Å²) in [6.07, 6.45) is 0. The Morgan fingerprint density at radius 3 is 2.47 bits per heavy atom. The van der Waals surface area contributed by atoms with Crippen LogP contribution in [0.25, 0.3) is 0 Å². The molecule has 1 aromatic rings. The average molecular weight is 231 g/mol. The molecule has 0 aliphatic heterocycles. The fourth-order valence-electron chi connectivity index (χ4n) is 1.09. The van der Waals surface area contributed by atoms with E-state index in [1.165, 1.54) is 0 Å². The Bertz CT molecular complexity index is 301. The molecule has 0 bridgehead atoms. The lowest BCUT2D eigenvalue weighted by Crippen LogP contribution is -2.20. The smallest absolute Gasteiger partial charge is 0.338 e. The molecule has 0 heterocycles. The maximum atomic E-state index is 11.3. The van der Waals surface area contributed by atoms with Crippen LogP contribution >= 0.6 is 12.4 Å². The van der Waals surface area contributed by atoms with Crippen LogP contribution in [0.3, 0.4) is 0 Å². The van der Waals surface area contributed by atoms with Crippen LogP contribution in [0, 0.1) is 0 Å². The molecule has 0 aliphatic carbocycles. The molecule has 0 aromatic heterocycles. The van der Waals surface area contributed by atoms with Crippen LogP contribution < -0.4 is 11.3 Å². The Balaban J connectivity index is 0.00000196. The van der Waals surface area contributed by atoms with Crippen LogP contribution in [0.5, 0.6) is 0 Å². The molecule has 0 spiro atoms. The minimum absolute atomic E-state index is 0. The molecular weight excluding hydrogens is 216 g/mol. The molecule has 0 amide bonds. The summed E-state index contributed by atoms with van der Waals surface area (Å²) in [6.45, 7) is 2.76. The van der Waals surface area contributed by atoms with Crippen LogP contribution in [0.2, 0.25) is 0 Å². The van der Waals surface area contributed by atoms with Crippen molar-refractivity contribution in [2.45, 2.75) is 13.5 Å². The van der Waals surface area contributed by atoms with Crippen molar-refractivity contribution in [2.75, 3.05) is 6.61 Å². The molecule has 1 rings (SSSR count). The van der Waals surface area contributed by atoms with Gasteiger partial charge in [0.15, 0.2) is 0 Å². The van der Waals surface area contributed by atoms with Gasteiger partial charge >= 0.3 is 5.97 Å². The van der Waals surface area contributed by atoms with Crippen molar-refractivity contribution in [1.82, 2.24) is 5.43 Å². The van der Waals surface area contributed by atoms with Gasteiger partial charge in [-0.25, -0.2) is 4.79 Å². The van der Waals surface area contributed by atoms with Gasteiger partial charge in [0, 0.05) is 6.54 Å². The fourth-order valence-corrected chi connectivity index (χ4v) is 1.09. The highest BCUT2D eigenvalue weighted by Gasteiger charge is 2.04. The van der Waals surface area contributed by atoms with Gasteiger partial charge in [-0.15, -0.1) is 12.4 Å². The second kappa shape index (κ2) is 7.23. The first kappa shape index (κ1) is 13.9. The molecule has 84 valence electrons. The first-order valence-electron chi connectivity index (χ1n) is 4.47. The Morgan fingerprint density at radius 2 is 2.00 bits per heavy atom. The van der Waals surface area contributed by atoms with Crippen LogP contribution in [0.1, 0.15) is 22.8 Å². The van der Waals surface area contributed by atoms with E-state index in [9.17, 15) is 4.79 Å². The van der Waals surface area contributed by atoms with Crippen molar-refractivity contribution in [2.24, 2.45) is 5.84 Å². The number of benzene rings is 1. The summed E-state index contributed by atoms with van der Waals surface area (Å²) in [6, 6.07) is 7.13.